The summed E-state index contributed by atoms with van der Waals surface area (Å²) in [5, 5.41) is 3.10. The lowest BCUT2D eigenvalue weighted by atomic mass is 10.0. The largest absolute Gasteiger partial charge is 0.370 e. The topological polar surface area (TPSA) is 84.5 Å². The first kappa shape index (κ1) is 22.4. The molecule has 0 aliphatic carbocycles. The zero-order chi connectivity index (χ0) is 18.4. The molecular formula is C19H26IN3O2S. The van der Waals surface area contributed by atoms with E-state index in [1.807, 2.05) is 24.3 Å². The molecule has 0 atom stereocenters. The number of nitrogens with zero attached hydrogens (tertiary/aromatic N) is 1. The molecule has 0 fully saturated rings. The average Bonchev–Trinajstić information content (AvgIpc) is 2.54. The van der Waals surface area contributed by atoms with Crippen molar-refractivity contribution in [2.45, 2.75) is 31.1 Å². The molecule has 0 aliphatic rings. The normalized spacial score (nSPS) is 11.9. The number of nitrogens with one attached hydrogen (secondary N) is 1. The van der Waals surface area contributed by atoms with Crippen molar-refractivity contribution >= 4 is 45.5 Å². The molecule has 0 saturated heterocycles. The fourth-order valence-corrected chi connectivity index (χ4v) is 3.00. The number of benzene rings is 2. The molecule has 0 radical (unpaired) electrons. The number of sulfone groups is 1. The number of rotatable bonds is 6. The Bertz CT molecular complexity index is 847. The number of hydrogen-bond donors (Lipinski definition) is 2. The van der Waals surface area contributed by atoms with Crippen LogP contribution in [0.5, 0.6) is 0 Å². The van der Waals surface area contributed by atoms with Crippen molar-refractivity contribution in [1.29, 1.82) is 0 Å². The molecule has 3 N–H and O–H groups in total. The summed E-state index contributed by atoms with van der Waals surface area (Å²) < 4.78 is 22.9. The van der Waals surface area contributed by atoms with Crippen LogP contribution in [0.15, 0.2) is 58.4 Å². The van der Waals surface area contributed by atoms with Crippen molar-refractivity contribution in [3.63, 3.8) is 0 Å². The van der Waals surface area contributed by atoms with Gasteiger partial charge in [0.1, 0.15) is 0 Å². The summed E-state index contributed by atoms with van der Waals surface area (Å²) in [4.78, 5) is 4.65. The Morgan fingerprint density at radius 1 is 1.15 bits per heavy atom. The quantitative estimate of drug-likeness (QED) is 0.369. The van der Waals surface area contributed by atoms with Crippen LogP contribution in [0.25, 0.3) is 0 Å². The van der Waals surface area contributed by atoms with Crippen LogP contribution < -0.4 is 11.1 Å². The Labute approximate surface area is 173 Å². The van der Waals surface area contributed by atoms with Crippen LogP contribution in [0.3, 0.4) is 0 Å². The summed E-state index contributed by atoms with van der Waals surface area (Å²) in [5.41, 5.74) is 9.12. The molecular weight excluding hydrogens is 461 g/mol. The fraction of sp³-hybridized carbons (Fsp3) is 0.316. The molecule has 0 aromatic heterocycles. The average molecular weight is 487 g/mol. The van der Waals surface area contributed by atoms with E-state index < -0.39 is 9.84 Å². The Balaban J connectivity index is 0.00000338. The van der Waals surface area contributed by atoms with E-state index in [4.69, 9.17) is 5.73 Å². The van der Waals surface area contributed by atoms with E-state index in [0.717, 1.165) is 11.3 Å². The highest BCUT2D eigenvalue weighted by molar-refractivity contribution is 14.0. The van der Waals surface area contributed by atoms with Gasteiger partial charge in [0.2, 0.25) is 0 Å². The Morgan fingerprint density at radius 3 is 2.38 bits per heavy atom. The first-order valence-electron chi connectivity index (χ1n) is 8.21. The van der Waals surface area contributed by atoms with Gasteiger partial charge in [0.05, 0.1) is 4.90 Å². The van der Waals surface area contributed by atoms with Gasteiger partial charge in [0.25, 0.3) is 0 Å². The Kier molecular flexibility index (Phi) is 8.55. The van der Waals surface area contributed by atoms with Crippen LogP contribution in [-0.4, -0.2) is 27.2 Å². The van der Waals surface area contributed by atoms with Crippen LogP contribution in [0, 0.1) is 0 Å². The van der Waals surface area contributed by atoms with E-state index in [9.17, 15) is 8.42 Å². The molecule has 5 nitrogen and oxygen atoms in total. The van der Waals surface area contributed by atoms with Crippen molar-refractivity contribution in [1.82, 2.24) is 0 Å². The molecule has 0 heterocycles. The summed E-state index contributed by atoms with van der Waals surface area (Å²) in [6, 6.07) is 15.0. The highest BCUT2D eigenvalue weighted by atomic mass is 127. The maximum atomic E-state index is 11.4. The van der Waals surface area contributed by atoms with E-state index in [2.05, 4.69) is 36.3 Å². The summed E-state index contributed by atoms with van der Waals surface area (Å²) in [5.74, 6) is 0.823. The van der Waals surface area contributed by atoms with E-state index in [1.54, 1.807) is 12.1 Å². The van der Waals surface area contributed by atoms with Gasteiger partial charge >= 0.3 is 0 Å². The Hall–Kier alpha value is -1.61. The minimum absolute atomic E-state index is 0. The smallest absolute Gasteiger partial charge is 0.193 e. The van der Waals surface area contributed by atoms with Crippen LogP contribution in [-0.2, 0) is 16.3 Å². The van der Waals surface area contributed by atoms with Crippen molar-refractivity contribution in [2.75, 3.05) is 18.1 Å². The van der Waals surface area contributed by atoms with Gasteiger partial charge in [-0.3, -0.25) is 4.99 Å². The predicted molar refractivity (Wildman–Crippen MR) is 119 cm³/mol. The Morgan fingerprint density at radius 2 is 1.81 bits per heavy atom. The molecule has 0 saturated carbocycles. The molecule has 2 aromatic carbocycles. The zero-order valence-corrected chi connectivity index (χ0v) is 18.4. The highest BCUT2D eigenvalue weighted by Crippen LogP contribution is 2.18. The van der Waals surface area contributed by atoms with Crippen molar-refractivity contribution in [3.05, 3.63) is 59.7 Å². The summed E-state index contributed by atoms with van der Waals surface area (Å²) in [7, 11) is -3.16. The third-order valence-corrected chi connectivity index (χ3v) is 4.99. The van der Waals surface area contributed by atoms with Gasteiger partial charge in [-0.25, -0.2) is 8.42 Å². The standard InChI is InChI=1S/C19H25N3O2S.HI/c1-14(2)16-5-4-6-17(13-16)22-19(20)21-12-11-15-7-9-18(10-8-15)25(3,23)24;/h4-10,13-14H,11-12H2,1-3H3,(H3,20,21,22);1H. The van der Waals surface area contributed by atoms with E-state index >= 15 is 0 Å². The lowest BCUT2D eigenvalue weighted by Gasteiger charge is -2.10. The fourth-order valence-electron chi connectivity index (χ4n) is 2.37. The molecule has 2 rings (SSSR count). The SMILES string of the molecule is CC(C)c1cccc(NC(N)=NCCc2ccc(S(C)(=O)=O)cc2)c1.I. The molecule has 0 amide bonds. The number of guanidine groups is 1. The molecule has 26 heavy (non-hydrogen) atoms. The van der Waals surface area contributed by atoms with Crippen molar-refractivity contribution in [2.24, 2.45) is 10.7 Å². The van der Waals surface area contributed by atoms with E-state index in [1.165, 1.54) is 11.8 Å². The van der Waals surface area contributed by atoms with Gasteiger partial charge in [0, 0.05) is 18.5 Å². The second kappa shape index (κ2) is 9.91. The van der Waals surface area contributed by atoms with Gasteiger partial charge in [0.15, 0.2) is 15.8 Å². The van der Waals surface area contributed by atoms with Crippen molar-refractivity contribution in [3.8, 4) is 0 Å². The van der Waals surface area contributed by atoms with Crippen molar-refractivity contribution < 1.29 is 8.42 Å². The molecule has 7 heteroatoms. The summed E-state index contributed by atoms with van der Waals surface area (Å²) in [6.07, 6.45) is 1.89. The number of aliphatic imine (C=N–C) groups is 1. The minimum atomic E-state index is -3.16. The maximum absolute atomic E-state index is 11.4. The molecule has 0 bridgehead atoms. The molecule has 0 spiro atoms. The molecule has 0 unspecified atom stereocenters. The molecule has 2 aromatic rings. The van der Waals surface area contributed by atoms with Gasteiger partial charge in [-0.05, 0) is 47.7 Å². The van der Waals surface area contributed by atoms with Crippen LogP contribution in [0.2, 0.25) is 0 Å². The second-order valence-corrected chi connectivity index (χ2v) is 8.35. The first-order chi connectivity index (χ1) is 11.8. The van der Waals surface area contributed by atoms with Gasteiger partial charge < -0.3 is 11.1 Å². The monoisotopic (exact) mass is 487 g/mol. The molecule has 142 valence electrons. The lowest BCUT2D eigenvalue weighted by Crippen LogP contribution is -2.23. The third kappa shape index (κ3) is 6.95. The van der Waals surface area contributed by atoms with Gasteiger partial charge in [-0.2, -0.15) is 0 Å². The van der Waals surface area contributed by atoms with Crippen LogP contribution in [0.1, 0.15) is 30.9 Å². The van der Waals surface area contributed by atoms with Crippen LogP contribution >= 0.6 is 24.0 Å². The third-order valence-electron chi connectivity index (χ3n) is 3.86. The number of anilines is 1. The number of halogens is 1. The lowest BCUT2D eigenvalue weighted by molar-refractivity contribution is 0.602. The highest BCUT2D eigenvalue weighted by Gasteiger charge is 2.06. The summed E-state index contributed by atoms with van der Waals surface area (Å²) in [6.45, 7) is 4.82. The molecule has 0 aliphatic heterocycles. The predicted octanol–water partition coefficient (Wildman–Crippen LogP) is 3.80. The van der Waals surface area contributed by atoms with Gasteiger partial charge in [-0.15, -0.1) is 24.0 Å². The second-order valence-electron chi connectivity index (χ2n) is 6.34. The maximum Gasteiger partial charge on any atom is 0.193 e. The van der Waals surface area contributed by atoms with Crippen LogP contribution in [0.4, 0.5) is 5.69 Å². The number of hydrogen-bond acceptors (Lipinski definition) is 3. The van der Waals surface area contributed by atoms with Gasteiger partial charge in [-0.1, -0.05) is 38.1 Å². The van der Waals surface area contributed by atoms with E-state index in [-0.39, 0.29) is 24.0 Å². The summed E-state index contributed by atoms with van der Waals surface area (Å²) >= 11 is 0. The number of nitrogens with two attached hydrogens (primary N) is 1. The van der Waals surface area contributed by atoms with E-state index in [0.29, 0.717) is 29.7 Å². The first-order valence-corrected chi connectivity index (χ1v) is 10.1. The zero-order valence-electron chi connectivity index (χ0n) is 15.3. The minimum Gasteiger partial charge on any atom is -0.370 e.